The Morgan fingerprint density at radius 3 is 2.95 bits per heavy atom. The quantitative estimate of drug-likeness (QED) is 0.726. The van der Waals surface area contributed by atoms with E-state index in [1.54, 1.807) is 6.92 Å². The number of nitrogens with two attached hydrogens (primary N) is 1. The van der Waals surface area contributed by atoms with Gasteiger partial charge in [0, 0.05) is 5.92 Å². The number of amides is 2. The number of ether oxygens (including phenoxy) is 1. The lowest BCUT2D eigenvalue weighted by Gasteiger charge is -2.21. The van der Waals surface area contributed by atoms with Gasteiger partial charge < -0.3 is 15.4 Å². The molecule has 0 aromatic rings. The van der Waals surface area contributed by atoms with Gasteiger partial charge in [0.05, 0.1) is 13.0 Å². The summed E-state index contributed by atoms with van der Waals surface area (Å²) in [6, 6.07) is -0.831. The van der Waals surface area contributed by atoms with Crippen molar-refractivity contribution in [3.63, 3.8) is 0 Å². The predicted octanol–water partition coefficient (Wildman–Crippen LogP) is -0.781. The molecule has 105 valence electrons. The van der Waals surface area contributed by atoms with Crippen LogP contribution >= 0.6 is 0 Å². The lowest BCUT2D eigenvalue weighted by Crippen LogP contribution is -2.42. The van der Waals surface area contributed by atoms with E-state index < -0.39 is 36.0 Å². The zero-order valence-electron chi connectivity index (χ0n) is 10.5. The molecule has 2 N–H and O–H groups in total. The van der Waals surface area contributed by atoms with Crippen LogP contribution in [0, 0.1) is 12.3 Å². The smallest absolute Gasteiger partial charge is 0.227 e. The summed E-state index contributed by atoms with van der Waals surface area (Å²) in [5.41, 5.74) is 5.09. The van der Waals surface area contributed by atoms with Gasteiger partial charge in [-0.25, -0.2) is 4.39 Å². The number of ketones is 1. The highest BCUT2D eigenvalue weighted by molar-refractivity contribution is 5.95. The molecule has 4 unspecified atom stereocenters. The number of nitrogens with zero attached hydrogens (tertiary/aromatic N) is 1. The average molecular weight is 271 g/mol. The molecule has 2 rings (SSSR count). The standard InChI is InChI=1S/C12H16FN2O4/c1-6(12(14)18)2-3-9(17)15-4-7(13)11-10(15)8(16)5-19-11/h3,6-7,10-11H,2,4-5H2,1H3,(H2,14,18). The van der Waals surface area contributed by atoms with Crippen molar-refractivity contribution in [2.45, 2.75) is 31.7 Å². The van der Waals surface area contributed by atoms with Crippen LogP contribution in [0.15, 0.2) is 0 Å². The molecule has 4 atom stereocenters. The molecule has 6 nitrogen and oxygen atoms in total. The number of alkyl halides is 1. The van der Waals surface area contributed by atoms with E-state index in [0.717, 1.165) is 0 Å². The first-order chi connectivity index (χ1) is 8.91. The van der Waals surface area contributed by atoms with E-state index in [4.69, 9.17) is 10.5 Å². The molecule has 2 aliphatic rings. The molecule has 2 saturated heterocycles. The van der Waals surface area contributed by atoms with E-state index >= 15 is 0 Å². The van der Waals surface area contributed by atoms with Gasteiger partial charge in [0.15, 0.2) is 5.78 Å². The first-order valence-corrected chi connectivity index (χ1v) is 6.13. The number of likely N-dealkylation sites (tertiary alicyclic amines) is 1. The maximum absolute atomic E-state index is 13.6. The summed E-state index contributed by atoms with van der Waals surface area (Å²) in [7, 11) is 0. The minimum Gasteiger partial charge on any atom is -0.369 e. The van der Waals surface area contributed by atoms with E-state index in [1.807, 2.05) is 0 Å². The van der Waals surface area contributed by atoms with Crippen LogP contribution in [0.3, 0.4) is 0 Å². The van der Waals surface area contributed by atoms with E-state index in [9.17, 15) is 18.8 Å². The molecule has 0 saturated carbocycles. The number of carbonyl (C=O) groups is 3. The van der Waals surface area contributed by atoms with Gasteiger partial charge in [0.25, 0.3) is 0 Å². The normalized spacial score (nSPS) is 31.4. The SMILES string of the molecule is CC(C[CH]C(=O)N1CC(F)C2OCC(=O)C21)C(N)=O. The summed E-state index contributed by atoms with van der Waals surface area (Å²) in [6.07, 6.45) is -0.745. The van der Waals surface area contributed by atoms with E-state index in [1.165, 1.54) is 11.3 Å². The van der Waals surface area contributed by atoms with Crippen LogP contribution in [0.5, 0.6) is 0 Å². The molecule has 2 heterocycles. The summed E-state index contributed by atoms with van der Waals surface area (Å²) < 4.78 is 18.7. The van der Waals surface area contributed by atoms with Crippen LogP contribution in [0.1, 0.15) is 13.3 Å². The van der Waals surface area contributed by atoms with Crippen molar-refractivity contribution >= 4 is 17.6 Å². The summed E-state index contributed by atoms with van der Waals surface area (Å²) in [5, 5.41) is 0. The van der Waals surface area contributed by atoms with Crippen molar-refractivity contribution < 1.29 is 23.5 Å². The van der Waals surface area contributed by atoms with Crippen molar-refractivity contribution in [3.8, 4) is 0 Å². The first-order valence-electron chi connectivity index (χ1n) is 6.13. The zero-order valence-corrected chi connectivity index (χ0v) is 10.5. The summed E-state index contributed by atoms with van der Waals surface area (Å²) in [4.78, 5) is 35.6. The van der Waals surface area contributed by atoms with Gasteiger partial charge in [-0.1, -0.05) is 6.92 Å². The molecular weight excluding hydrogens is 255 g/mol. The number of fused-ring (bicyclic) bond motifs is 1. The number of rotatable bonds is 4. The summed E-state index contributed by atoms with van der Waals surface area (Å²) in [5.74, 6) is -1.72. The van der Waals surface area contributed by atoms with E-state index in [-0.39, 0.29) is 25.4 Å². The van der Waals surface area contributed by atoms with Gasteiger partial charge >= 0.3 is 0 Å². The monoisotopic (exact) mass is 271 g/mol. The van der Waals surface area contributed by atoms with Crippen molar-refractivity contribution in [1.29, 1.82) is 0 Å². The highest BCUT2D eigenvalue weighted by Gasteiger charge is 2.52. The largest absolute Gasteiger partial charge is 0.369 e. The molecule has 2 aliphatic heterocycles. The zero-order chi connectivity index (χ0) is 14.2. The molecule has 2 fully saturated rings. The molecule has 0 bridgehead atoms. The minimum absolute atomic E-state index is 0.151. The van der Waals surface area contributed by atoms with E-state index in [2.05, 4.69) is 0 Å². The Bertz CT molecular complexity index is 415. The lowest BCUT2D eigenvalue weighted by atomic mass is 10.0. The van der Waals surface area contributed by atoms with Crippen LogP contribution in [-0.2, 0) is 19.1 Å². The van der Waals surface area contributed by atoms with Crippen LogP contribution in [0.2, 0.25) is 0 Å². The fraction of sp³-hybridized carbons (Fsp3) is 0.667. The second-order valence-corrected chi connectivity index (χ2v) is 4.94. The molecule has 1 radical (unpaired) electrons. The van der Waals surface area contributed by atoms with Crippen LogP contribution in [0.25, 0.3) is 0 Å². The molecule has 7 heteroatoms. The third kappa shape index (κ3) is 2.60. The Labute approximate surface area is 110 Å². The number of carbonyl (C=O) groups excluding carboxylic acids is 3. The highest BCUT2D eigenvalue weighted by Crippen LogP contribution is 2.30. The molecule has 19 heavy (non-hydrogen) atoms. The van der Waals surface area contributed by atoms with Gasteiger partial charge in [0.2, 0.25) is 11.8 Å². The Morgan fingerprint density at radius 1 is 1.63 bits per heavy atom. The molecule has 2 amide bonds. The van der Waals surface area contributed by atoms with Crippen LogP contribution < -0.4 is 5.73 Å². The number of halogens is 1. The number of primary amides is 1. The van der Waals surface area contributed by atoms with Gasteiger partial charge in [-0.05, 0) is 6.42 Å². The van der Waals surface area contributed by atoms with Crippen molar-refractivity contribution in [3.05, 3.63) is 6.42 Å². The maximum Gasteiger partial charge on any atom is 0.227 e. The summed E-state index contributed by atoms with van der Waals surface area (Å²) >= 11 is 0. The van der Waals surface area contributed by atoms with Crippen LogP contribution in [0.4, 0.5) is 4.39 Å². The predicted molar refractivity (Wildman–Crippen MR) is 62.4 cm³/mol. The maximum atomic E-state index is 13.6. The highest BCUT2D eigenvalue weighted by atomic mass is 19.1. The molecular formula is C12H16FN2O4. The third-order valence-corrected chi connectivity index (χ3v) is 3.54. The van der Waals surface area contributed by atoms with E-state index in [0.29, 0.717) is 0 Å². The minimum atomic E-state index is -1.35. The van der Waals surface area contributed by atoms with Crippen molar-refractivity contribution in [1.82, 2.24) is 4.90 Å². The summed E-state index contributed by atoms with van der Waals surface area (Å²) in [6.45, 7) is 1.29. The second kappa shape index (κ2) is 5.24. The number of hydrogen-bond acceptors (Lipinski definition) is 4. The first kappa shape index (κ1) is 13.9. The van der Waals surface area contributed by atoms with Gasteiger partial charge in [-0.2, -0.15) is 0 Å². The average Bonchev–Trinajstić information content (AvgIpc) is 2.88. The van der Waals surface area contributed by atoms with Crippen LogP contribution in [-0.4, -0.2) is 54.0 Å². The fourth-order valence-corrected chi connectivity index (χ4v) is 2.33. The number of Topliss-reactive ketones (excluding diaryl/α,β-unsaturated/α-hetero) is 1. The lowest BCUT2D eigenvalue weighted by molar-refractivity contribution is -0.134. The Hall–Kier alpha value is -1.50. The Balaban J connectivity index is 1.96. The number of hydrogen-bond donors (Lipinski definition) is 1. The van der Waals surface area contributed by atoms with Gasteiger partial charge in [-0.3, -0.25) is 14.4 Å². The molecule has 0 aliphatic carbocycles. The second-order valence-electron chi connectivity index (χ2n) is 4.94. The van der Waals surface area contributed by atoms with Gasteiger partial charge in [-0.15, -0.1) is 0 Å². The third-order valence-electron chi connectivity index (χ3n) is 3.54. The van der Waals surface area contributed by atoms with Crippen molar-refractivity contribution in [2.24, 2.45) is 11.7 Å². The van der Waals surface area contributed by atoms with Gasteiger partial charge in [0.1, 0.15) is 24.9 Å². The van der Waals surface area contributed by atoms with Crippen molar-refractivity contribution in [2.75, 3.05) is 13.2 Å². The molecule has 0 aromatic heterocycles. The Kier molecular flexibility index (Phi) is 3.84. The Morgan fingerprint density at radius 2 is 2.32 bits per heavy atom. The topological polar surface area (TPSA) is 89.7 Å². The molecule has 0 aromatic carbocycles. The fourth-order valence-electron chi connectivity index (χ4n) is 2.33. The molecule has 0 spiro atoms.